The van der Waals surface area contributed by atoms with Crippen LogP contribution in [-0.4, -0.2) is 38.2 Å². The third-order valence-corrected chi connectivity index (χ3v) is 4.10. The number of carbonyl (C=O) groups is 2. The predicted molar refractivity (Wildman–Crippen MR) is 85.7 cm³/mol. The molecule has 1 saturated heterocycles. The molecule has 1 N–H and O–H groups in total. The summed E-state index contributed by atoms with van der Waals surface area (Å²) in [6, 6.07) is 7.16. The van der Waals surface area contributed by atoms with Crippen molar-refractivity contribution in [3.63, 3.8) is 0 Å². The fourth-order valence-corrected chi connectivity index (χ4v) is 2.87. The lowest BCUT2D eigenvalue weighted by Crippen LogP contribution is -2.45. The molecule has 0 spiro atoms. The SMILES string of the molecule is COC(=O)[C@H](Cc1cccc(I)c1)NC(=O)[C@@H]1CCOC1. The fraction of sp³-hybridized carbons (Fsp3) is 0.467. The van der Waals surface area contributed by atoms with E-state index in [0.29, 0.717) is 26.1 Å². The van der Waals surface area contributed by atoms with Crippen LogP contribution in [0.1, 0.15) is 12.0 Å². The van der Waals surface area contributed by atoms with Gasteiger partial charge < -0.3 is 14.8 Å². The number of halogens is 1. The van der Waals surface area contributed by atoms with Crippen LogP contribution in [-0.2, 0) is 25.5 Å². The summed E-state index contributed by atoms with van der Waals surface area (Å²) in [5, 5.41) is 2.78. The van der Waals surface area contributed by atoms with E-state index < -0.39 is 12.0 Å². The summed E-state index contributed by atoms with van der Waals surface area (Å²) in [5.41, 5.74) is 0.986. The average molecular weight is 403 g/mol. The van der Waals surface area contributed by atoms with E-state index in [1.165, 1.54) is 7.11 Å². The van der Waals surface area contributed by atoms with Gasteiger partial charge in [-0.25, -0.2) is 4.79 Å². The monoisotopic (exact) mass is 403 g/mol. The maximum atomic E-state index is 12.1. The Morgan fingerprint density at radius 1 is 1.52 bits per heavy atom. The highest BCUT2D eigenvalue weighted by Crippen LogP contribution is 2.14. The molecule has 0 aliphatic carbocycles. The molecule has 1 aliphatic rings. The van der Waals surface area contributed by atoms with Gasteiger partial charge in [0.25, 0.3) is 0 Å². The number of hydrogen-bond donors (Lipinski definition) is 1. The third-order valence-electron chi connectivity index (χ3n) is 3.43. The molecule has 0 radical (unpaired) electrons. The highest BCUT2D eigenvalue weighted by molar-refractivity contribution is 14.1. The second-order valence-electron chi connectivity index (χ2n) is 4.98. The van der Waals surface area contributed by atoms with Crippen LogP contribution in [0.25, 0.3) is 0 Å². The Morgan fingerprint density at radius 2 is 2.33 bits per heavy atom. The molecule has 2 atom stereocenters. The van der Waals surface area contributed by atoms with Gasteiger partial charge in [0.05, 0.1) is 19.6 Å². The Hall–Kier alpha value is -1.15. The zero-order valence-electron chi connectivity index (χ0n) is 11.8. The van der Waals surface area contributed by atoms with Crippen LogP contribution in [0.2, 0.25) is 0 Å². The van der Waals surface area contributed by atoms with E-state index in [-0.39, 0.29) is 11.8 Å². The minimum absolute atomic E-state index is 0.145. The van der Waals surface area contributed by atoms with E-state index in [2.05, 4.69) is 27.9 Å². The smallest absolute Gasteiger partial charge is 0.328 e. The Kier molecular flexibility index (Phi) is 5.98. The van der Waals surface area contributed by atoms with Gasteiger partial charge in [-0.15, -0.1) is 0 Å². The van der Waals surface area contributed by atoms with Crippen molar-refractivity contribution in [2.75, 3.05) is 20.3 Å². The number of methoxy groups -OCH3 is 1. The van der Waals surface area contributed by atoms with Crippen molar-refractivity contribution in [1.82, 2.24) is 5.32 Å². The number of esters is 1. The summed E-state index contributed by atoms with van der Waals surface area (Å²) < 4.78 is 11.1. The van der Waals surface area contributed by atoms with Gasteiger partial charge in [0.1, 0.15) is 6.04 Å². The quantitative estimate of drug-likeness (QED) is 0.599. The number of benzene rings is 1. The summed E-state index contributed by atoms with van der Waals surface area (Å²) in [4.78, 5) is 24.0. The highest BCUT2D eigenvalue weighted by Gasteiger charge is 2.28. The van der Waals surface area contributed by atoms with Crippen molar-refractivity contribution in [2.24, 2.45) is 5.92 Å². The van der Waals surface area contributed by atoms with Crippen LogP contribution in [0.4, 0.5) is 0 Å². The molecule has 1 aromatic carbocycles. The Bertz CT molecular complexity index is 514. The molecule has 0 bridgehead atoms. The molecule has 6 heteroatoms. The first kappa shape index (κ1) is 16.2. The van der Waals surface area contributed by atoms with Gasteiger partial charge in [-0.2, -0.15) is 0 Å². The largest absolute Gasteiger partial charge is 0.467 e. The summed E-state index contributed by atoms with van der Waals surface area (Å²) in [7, 11) is 1.33. The van der Waals surface area contributed by atoms with Gasteiger partial charge in [-0.05, 0) is 46.7 Å². The maximum Gasteiger partial charge on any atom is 0.328 e. The number of ether oxygens (including phenoxy) is 2. The van der Waals surface area contributed by atoms with Crippen LogP contribution in [0, 0.1) is 9.49 Å². The molecule has 5 nitrogen and oxygen atoms in total. The molecular weight excluding hydrogens is 385 g/mol. The van der Waals surface area contributed by atoms with Crippen LogP contribution in [0.3, 0.4) is 0 Å². The lowest BCUT2D eigenvalue weighted by atomic mass is 10.0. The van der Waals surface area contributed by atoms with Crippen molar-refractivity contribution in [2.45, 2.75) is 18.9 Å². The van der Waals surface area contributed by atoms with Crippen LogP contribution >= 0.6 is 22.6 Å². The highest BCUT2D eigenvalue weighted by atomic mass is 127. The number of carbonyl (C=O) groups excluding carboxylic acids is 2. The van der Waals surface area contributed by atoms with Crippen LogP contribution in [0.15, 0.2) is 24.3 Å². The van der Waals surface area contributed by atoms with Gasteiger partial charge >= 0.3 is 5.97 Å². The Labute approximate surface area is 137 Å². The van der Waals surface area contributed by atoms with E-state index in [9.17, 15) is 9.59 Å². The molecular formula is C15H18INO4. The number of rotatable bonds is 5. The molecule has 21 heavy (non-hydrogen) atoms. The van der Waals surface area contributed by atoms with Gasteiger partial charge in [-0.3, -0.25) is 4.79 Å². The van der Waals surface area contributed by atoms with Gasteiger partial charge in [0.15, 0.2) is 0 Å². The standard InChI is InChI=1S/C15H18INO4/c1-20-15(19)13(8-10-3-2-4-12(16)7-10)17-14(18)11-5-6-21-9-11/h2-4,7,11,13H,5-6,8-9H2,1H3,(H,17,18)/t11-,13+/m1/s1. The Balaban J connectivity index is 2.03. The van der Waals surface area contributed by atoms with Crippen molar-refractivity contribution in [3.05, 3.63) is 33.4 Å². The number of nitrogens with one attached hydrogen (secondary N) is 1. The molecule has 1 fully saturated rings. The average Bonchev–Trinajstić information content (AvgIpc) is 3.00. The first-order valence-corrected chi connectivity index (χ1v) is 7.88. The van der Waals surface area contributed by atoms with Crippen molar-refractivity contribution in [1.29, 1.82) is 0 Å². The molecule has 1 aliphatic heterocycles. The van der Waals surface area contributed by atoms with Crippen LogP contribution in [0.5, 0.6) is 0 Å². The second-order valence-corrected chi connectivity index (χ2v) is 6.22. The lowest BCUT2D eigenvalue weighted by molar-refractivity contribution is -0.145. The van der Waals surface area contributed by atoms with E-state index in [0.717, 1.165) is 9.13 Å². The van der Waals surface area contributed by atoms with Gasteiger partial charge in [0, 0.05) is 16.6 Å². The summed E-state index contributed by atoms with van der Waals surface area (Å²) >= 11 is 2.22. The zero-order valence-corrected chi connectivity index (χ0v) is 14.0. The predicted octanol–water partition coefficient (Wildman–Crippen LogP) is 1.53. The van der Waals surface area contributed by atoms with E-state index in [1.54, 1.807) is 0 Å². The zero-order chi connectivity index (χ0) is 15.2. The van der Waals surface area contributed by atoms with Crippen molar-refractivity contribution >= 4 is 34.5 Å². The summed E-state index contributed by atoms with van der Waals surface area (Å²) in [6.07, 6.45) is 1.12. The summed E-state index contributed by atoms with van der Waals surface area (Å²) in [5.74, 6) is -0.747. The van der Waals surface area contributed by atoms with E-state index >= 15 is 0 Å². The van der Waals surface area contributed by atoms with Crippen molar-refractivity contribution < 1.29 is 19.1 Å². The third kappa shape index (κ3) is 4.67. The lowest BCUT2D eigenvalue weighted by Gasteiger charge is -2.18. The minimum Gasteiger partial charge on any atom is -0.467 e. The molecule has 2 rings (SSSR count). The minimum atomic E-state index is -0.665. The van der Waals surface area contributed by atoms with Crippen molar-refractivity contribution in [3.8, 4) is 0 Å². The molecule has 114 valence electrons. The maximum absolute atomic E-state index is 12.1. The van der Waals surface area contributed by atoms with Crippen LogP contribution < -0.4 is 5.32 Å². The summed E-state index contributed by atoms with van der Waals surface area (Å²) in [6.45, 7) is 1.01. The number of hydrogen-bond acceptors (Lipinski definition) is 4. The molecule has 1 aromatic rings. The molecule has 1 heterocycles. The van der Waals surface area contributed by atoms with E-state index in [1.807, 2.05) is 24.3 Å². The first-order valence-electron chi connectivity index (χ1n) is 6.80. The molecule has 0 aromatic heterocycles. The van der Waals surface area contributed by atoms with E-state index in [4.69, 9.17) is 9.47 Å². The number of amides is 1. The molecule has 0 unspecified atom stereocenters. The topological polar surface area (TPSA) is 64.6 Å². The molecule has 1 amide bonds. The van der Waals surface area contributed by atoms with Gasteiger partial charge in [-0.1, -0.05) is 12.1 Å². The first-order chi connectivity index (χ1) is 10.1. The normalized spacial score (nSPS) is 19.0. The fourth-order valence-electron chi connectivity index (χ4n) is 2.27. The second kappa shape index (κ2) is 7.74. The Morgan fingerprint density at radius 3 is 2.95 bits per heavy atom. The van der Waals surface area contributed by atoms with Gasteiger partial charge in [0.2, 0.25) is 5.91 Å². The molecule has 0 saturated carbocycles.